The molecule has 1 aromatic heterocycles. The molecular weight excluding hydrogens is 270 g/mol. The molecule has 2 rings (SSSR count). The van der Waals surface area contributed by atoms with E-state index in [1.165, 1.54) is 24.0 Å². The van der Waals surface area contributed by atoms with Crippen LogP contribution in [0, 0.1) is 6.92 Å². The molecular formula is C13H10ClNO2S. The van der Waals surface area contributed by atoms with Crippen molar-refractivity contribution in [1.82, 2.24) is 4.98 Å². The molecule has 1 N–H and O–H groups in total. The van der Waals surface area contributed by atoms with Gasteiger partial charge >= 0.3 is 5.97 Å². The second-order valence-corrected chi connectivity index (χ2v) is 5.12. The molecule has 1 heterocycles. The van der Waals surface area contributed by atoms with E-state index in [1.807, 2.05) is 31.2 Å². The quantitative estimate of drug-likeness (QED) is 0.926. The third-order valence-corrected chi connectivity index (χ3v) is 3.95. The highest BCUT2D eigenvalue weighted by Gasteiger charge is 2.10. The zero-order chi connectivity index (χ0) is 13.1. The van der Waals surface area contributed by atoms with Crippen LogP contribution in [-0.2, 0) is 0 Å². The van der Waals surface area contributed by atoms with Crippen molar-refractivity contribution in [3.8, 4) is 0 Å². The number of carboxylic acid groups (broad SMARTS) is 1. The third kappa shape index (κ3) is 2.83. The van der Waals surface area contributed by atoms with Crippen LogP contribution in [0.15, 0.2) is 46.5 Å². The summed E-state index contributed by atoms with van der Waals surface area (Å²) in [4.78, 5) is 15.9. The summed E-state index contributed by atoms with van der Waals surface area (Å²) in [7, 11) is 0. The fraction of sp³-hybridized carbons (Fsp3) is 0.0769. The number of aryl methyl sites for hydroxylation is 1. The minimum absolute atomic E-state index is 0.0918. The Bertz CT molecular complexity index is 601. The molecule has 0 unspecified atom stereocenters. The normalized spacial score (nSPS) is 10.3. The number of carbonyl (C=O) groups is 1. The lowest BCUT2D eigenvalue weighted by Gasteiger charge is -2.06. The smallest absolute Gasteiger partial charge is 0.337 e. The minimum Gasteiger partial charge on any atom is -0.478 e. The van der Waals surface area contributed by atoms with Crippen molar-refractivity contribution >= 4 is 29.3 Å². The Morgan fingerprint density at radius 3 is 2.72 bits per heavy atom. The molecule has 5 heteroatoms. The topological polar surface area (TPSA) is 50.2 Å². The molecule has 0 atom stereocenters. The molecule has 0 saturated carbocycles. The Hall–Kier alpha value is -1.52. The van der Waals surface area contributed by atoms with Gasteiger partial charge < -0.3 is 5.11 Å². The van der Waals surface area contributed by atoms with Crippen LogP contribution in [0.5, 0.6) is 0 Å². The SMILES string of the molecule is Cc1ccccc1Sc1ncc(C(=O)O)cc1Cl. The Morgan fingerprint density at radius 1 is 1.39 bits per heavy atom. The van der Waals surface area contributed by atoms with Gasteiger partial charge in [0.1, 0.15) is 5.03 Å². The maximum atomic E-state index is 10.8. The van der Waals surface area contributed by atoms with Gasteiger partial charge in [0, 0.05) is 11.1 Å². The van der Waals surface area contributed by atoms with Crippen molar-refractivity contribution in [3.05, 3.63) is 52.7 Å². The highest BCUT2D eigenvalue weighted by Crippen LogP contribution is 2.33. The first-order valence-electron chi connectivity index (χ1n) is 5.20. The van der Waals surface area contributed by atoms with Crippen LogP contribution in [-0.4, -0.2) is 16.1 Å². The van der Waals surface area contributed by atoms with Gasteiger partial charge in [-0.05, 0) is 24.6 Å². The summed E-state index contributed by atoms with van der Waals surface area (Å²) in [6.07, 6.45) is 1.31. The van der Waals surface area contributed by atoms with Gasteiger partial charge in [0.2, 0.25) is 0 Å². The summed E-state index contributed by atoms with van der Waals surface area (Å²) in [5, 5.41) is 9.79. The van der Waals surface area contributed by atoms with E-state index in [2.05, 4.69) is 4.98 Å². The van der Waals surface area contributed by atoms with Crippen molar-refractivity contribution in [3.63, 3.8) is 0 Å². The van der Waals surface area contributed by atoms with Gasteiger partial charge in [-0.2, -0.15) is 0 Å². The Labute approximate surface area is 114 Å². The van der Waals surface area contributed by atoms with Crippen molar-refractivity contribution in [2.75, 3.05) is 0 Å². The first-order chi connectivity index (χ1) is 8.58. The number of nitrogens with zero attached hydrogens (tertiary/aromatic N) is 1. The number of carboxylic acids is 1. The van der Waals surface area contributed by atoms with E-state index in [1.54, 1.807) is 0 Å². The molecule has 0 saturated heterocycles. The summed E-state index contributed by atoms with van der Waals surface area (Å²) >= 11 is 7.45. The van der Waals surface area contributed by atoms with Crippen LogP contribution in [0.25, 0.3) is 0 Å². The first kappa shape index (κ1) is 12.9. The zero-order valence-corrected chi connectivity index (χ0v) is 11.1. The van der Waals surface area contributed by atoms with Gasteiger partial charge in [-0.3, -0.25) is 0 Å². The second kappa shape index (κ2) is 5.42. The van der Waals surface area contributed by atoms with E-state index in [4.69, 9.17) is 16.7 Å². The Balaban J connectivity index is 2.30. The fourth-order valence-corrected chi connectivity index (χ4v) is 2.52. The number of hydrogen-bond acceptors (Lipinski definition) is 3. The number of benzene rings is 1. The van der Waals surface area contributed by atoms with E-state index in [0.29, 0.717) is 10.0 Å². The predicted octanol–water partition coefficient (Wildman–Crippen LogP) is 3.89. The number of rotatable bonds is 3. The molecule has 0 aliphatic carbocycles. The van der Waals surface area contributed by atoms with Gasteiger partial charge in [0.15, 0.2) is 0 Å². The van der Waals surface area contributed by atoms with Gasteiger partial charge in [0.25, 0.3) is 0 Å². The lowest BCUT2D eigenvalue weighted by molar-refractivity contribution is 0.0696. The molecule has 0 radical (unpaired) electrons. The maximum Gasteiger partial charge on any atom is 0.337 e. The van der Waals surface area contributed by atoms with Crippen LogP contribution in [0.4, 0.5) is 0 Å². The van der Waals surface area contributed by atoms with Crippen LogP contribution >= 0.6 is 23.4 Å². The summed E-state index contributed by atoms with van der Waals surface area (Å²) in [5.41, 5.74) is 1.22. The average molecular weight is 280 g/mol. The zero-order valence-electron chi connectivity index (χ0n) is 9.55. The fourth-order valence-electron chi connectivity index (χ4n) is 1.39. The van der Waals surface area contributed by atoms with Crippen LogP contribution in [0.2, 0.25) is 5.02 Å². The molecule has 1 aromatic carbocycles. The molecule has 0 aliphatic rings. The van der Waals surface area contributed by atoms with Crippen LogP contribution in [0.1, 0.15) is 15.9 Å². The molecule has 0 fully saturated rings. The Kier molecular flexibility index (Phi) is 3.89. The monoisotopic (exact) mass is 279 g/mol. The molecule has 0 spiro atoms. The van der Waals surface area contributed by atoms with Crippen LogP contribution in [0.3, 0.4) is 0 Å². The lowest BCUT2D eigenvalue weighted by Crippen LogP contribution is -1.97. The molecule has 0 amide bonds. The van der Waals surface area contributed by atoms with Gasteiger partial charge in [-0.25, -0.2) is 9.78 Å². The molecule has 18 heavy (non-hydrogen) atoms. The number of hydrogen-bond donors (Lipinski definition) is 1. The summed E-state index contributed by atoms with van der Waals surface area (Å²) in [6.45, 7) is 2.00. The van der Waals surface area contributed by atoms with E-state index in [-0.39, 0.29) is 5.56 Å². The summed E-state index contributed by atoms with van der Waals surface area (Å²) < 4.78 is 0. The standard InChI is InChI=1S/C13H10ClNO2S/c1-8-4-2-3-5-11(8)18-12-10(14)6-9(7-15-12)13(16)17/h2-7H,1H3,(H,16,17). The van der Waals surface area contributed by atoms with Crippen molar-refractivity contribution < 1.29 is 9.90 Å². The van der Waals surface area contributed by atoms with Crippen molar-refractivity contribution in [2.24, 2.45) is 0 Å². The second-order valence-electron chi connectivity index (χ2n) is 3.68. The number of halogens is 1. The molecule has 0 aliphatic heterocycles. The maximum absolute atomic E-state index is 10.8. The van der Waals surface area contributed by atoms with E-state index >= 15 is 0 Å². The largest absolute Gasteiger partial charge is 0.478 e. The van der Waals surface area contributed by atoms with Crippen molar-refractivity contribution in [2.45, 2.75) is 16.8 Å². The van der Waals surface area contributed by atoms with E-state index < -0.39 is 5.97 Å². The van der Waals surface area contributed by atoms with Crippen molar-refractivity contribution in [1.29, 1.82) is 0 Å². The highest BCUT2D eigenvalue weighted by molar-refractivity contribution is 7.99. The lowest BCUT2D eigenvalue weighted by atomic mass is 10.2. The summed E-state index contributed by atoms with van der Waals surface area (Å²) in [5.74, 6) is -1.03. The molecule has 3 nitrogen and oxygen atoms in total. The minimum atomic E-state index is -1.03. The Morgan fingerprint density at radius 2 is 2.11 bits per heavy atom. The number of aromatic nitrogens is 1. The predicted molar refractivity (Wildman–Crippen MR) is 71.5 cm³/mol. The van der Waals surface area contributed by atoms with Crippen LogP contribution < -0.4 is 0 Å². The number of pyridine rings is 1. The average Bonchev–Trinajstić information content (AvgIpc) is 2.34. The molecule has 0 bridgehead atoms. The highest BCUT2D eigenvalue weighted by atomic mass is 35.5. The third-order valence-electron chi connectivity index (χ3n) is 2.35. The molecule has 92 valence electrons. The number of aromatic carboxylic acids is 1. The van der Waals surface area contributed by atoms with Gasteiger partial charge in [-0.1, -0.05) is 41.6 Å². The van der Waals surface area contributed by atoms with Gasteiger partial charge in [0.05, 0.1) is 10.6 Å². The van der Waals surface area contributed by atoms with Gasteiger partial charge in [-0.15, -0.1) is 0 Å². The molecule has 2 aromatic rings. The first-order valence-corrected chi connectivity index (χ1v) is 6.39. The van der Waals surface area contributed by atoms with E-state index in [0.717, 1.165) is 10.5 Å². The van der Waals surface area contributed by atoms with E-state index in [9.17, 15) is 4.79 Å². The summed E-state index contributed by atoms with van der Waals surface area (Å²) in [6, 6.07) is 9.29.